The number of sulfonamides is 1. The Balaban J connectivity index is 1.20. The maximum absolute atomic E-state index is 14.6. The zero-order valence-electron chi connectivity index (χ0n) is 30.9. The zero-order chi connectivity index (χ0) is 39.3. The summed E-state index contributed by atoms with van der Waals surface area (Å²) in [6, 6.07) is 6.95. The van der Waals surface area contributed by atoms with Crippen LogP contribution in [0.3, 0.4) is 0 Å². The number of ether oxygens (including phenoxy) is 1. The largest absolute Gasteiger partial charge is 0.471 e. The molecule has 16 heteroatoms. The molecule has 294 valence electrons. The van der Waals surface area contributed by atoms with Crippen molar-refractivity contribution in [2.75, 3.05) is 13.1 Å². The maximum atomic E-state index is 14.6. The van der Waals surface area contributed by atoms with Crippen LogP contribution < -0.4 is 20.1 Å². The number of unbranched alkanes of at least 4 members (excludes halogenated alkanes) is 3. The smallest absolute Gasteiger partial charge is 0.252 e. The number of hydrogen-bond donors (Lipinski definition) is 3. The molecule has 2 aromatic carbocycles. The summed E-state index contributed by atoms with van der Waals surface area (Å²) in [5.41, 5.74) is 0.790. The summed E-state index contributed by atoms with van der Waals surface area (Å²) in [5.74, 6) is -3.33. The van der Waals surface area contributed by atoms with E-state index in [1.165, 1.54) is 48.9 Å². The number of fused-ring (bicyclic) bond motifs is 1. The molecule has 0 radical (unpaired) electrons. The Labute approximate surface area is 318 Å². The second-order valence-corrected chi connectivity index (χ2v) is 17.0. The molecule has 3 fully saturated rings. The van der Waals surface area contributed by atoms with E-state index in [-0.39, 0.29) is 36.3 Å². The van der Waals surface area contributed by atoms with Crippen molar-refractivity contribution < 1.29 is 41.1 Å². The number of aryl methyl sites for hydroxylation is 1. The molecule has 3 aromatic rings. The first kappa shape index (κ1) is 39.7. The molecular formula is C39H46F2N6O7S. The van der Waals surface area contributed by atoms with Gasteiger partial charge >= 0.3 is 0 Å². The predicted octanol–water partition coefficient (Wildman–Crippen LogP) is 4.39. The summed E-state index contributed by atoms with van der Waals surface area (Å²) in [4.78, 5) is 64.1. The van der Waals surface area contributed by atoms with Crippen molar-refractivity contribution >= 4 is 44.7 Å². The minimum Gasteiger partial charge on any atom is -0.471 e. The van der Waals surface area contributed by atoms with E-state index < -0.39 is 74.8 Å². The van der Waals surface area contributed by atoms with Gasteiger partial charge in [0.25, 0.3) is 11.8 Å². The Morgan fingerprint density at radius 3 is 2.49 bits per heavy atom. The molecule has 1 aromatic heterocycles. The summed E-state index contributed by atoms with van der Waals surface area (Å²) in [6.07, 6.45) is 10.1. The summed E-state index contributed by atoms with van der Waals surface area (Å²) in [5, 5.41) is 5.23. The van der Waals surface area contributed by atoms with Gasteiger partial charge in [0.1, 0.15) is 35.2 Å². The lowest BCUT2D eigenvalue weighted by Gasteiger charge is -2.28. The number of hydrogen-bond acceptors (Lipinski definition) is 9. The predicted molar refractivity (Wildman–Crippen MR) is 199 cm³/mol. The number of rotatable bonds is 17. The topological polar surface area (TPSA) is 177 Å². The van der Waals surface area contributed by atoms with Crippen molar-refractivity contribution in [3.05, 3.63) is 77.5 Å². The first-order valence-electron chi connectivity index (χ1n) is 18.7. The van der Waals surface area contributed by atoms with Crippen LogP contribution in [0.4, 0.5) is 8.78 Å². The van der Waals surface area contributed by atoms with Gasteiger partial charge in [-0.05, 0) is 101 Å². The molecule has 3 N–H and O–H groups in total. The highest BCUT2D eigenvalue weighted by atomic mass is 32.2. The molecule has 1 aliphatic heterocycles. The zero-order valence-corrected chi connectivity index (χ0v) is 31.7. The fourth-order valence-electron chi connectivity index (χ4n) is 6.46. The normalized spacial score (nSPS) is 19.6. The quantitative estimate of drug-likeness (QED) is 0.133. The molecule has 6 rings (SSSR count). The third kappa shape index (κ3) is 10.0. The van der Waals surface area contributed by atoms with Crippen LogP contribution in [0.1, 0.15) is 87.2 Å². The van der Waals surface area contributed by atoms with Crippen LogP contribution in [0, 0.1) is 24.5 Å². The highest BCUT2D eigenvalue weighted by Gasteiger charge is 2.51. The fourth-order valence-corrected chi connectivity index (χ4v) is 7.72. The van der Waals surface area contributed by atoms with Gasteiger partial charge in [-0.2, -0.15) is 0 Å². The van der Waals surface area contributed by atoms with Crippen LogP contribution >= 0.6 is 0 Å². The Morgan fingerprint density at radius 2 is 1.78 bits per heavy atom. The molecule has 3 aliphatic rings. The molecule has 2 saturated carbocycles. The summed E-state index contributed by atoms with van der Waals surface area (Å²) in [6.45, 7) is 2.34. The van der Waals surface area contributed by atoms with Crippen LogP contribution in [0.2, 0.25) is 0 Å². The molecular weight excluding hydrogens is 735 g/mol. The molecule has 55 heavy (non-hydrogen) atoms. The Bertz CT molecular complexity index is 2070. The van der Waals surface area contributed by atoms with Gasteiger partial charge in [-0.25, -0.2) is 27.2 Å². The van der Waals surface area contributed by atoms with Crippen LogP contribution in [0.15, 0.2) is 54.6 Å². The molecule has 1 saturated heterocycles. The molecule has 2 heterocycles. The first-order valence-corrected chi connectivity index (χ1v) is 20.2. The Morgan fingerprint density at radius 1 is 1.04 bits per heavy atom. The summed E-state index contributed by atoms with van der Waals surface area (Å²) in [7, 11) is -3.95. The monoisotopic (exact) mass is 780 g/mol. The van der Waals surface area contributed by atoms with E-state index in [1.807, 2.05) is 4.72 Å². The average molecular weight is 781 g/mol. The van der Waals surface area contributed by atoms with E-state index in [0.29, 0.717) is 36.4 Å². The molecule has 4 amide bonds. The van der Waals surface area contributed by atoms with Gasteiger partial charge in [-0.1, -0.05) is 31.1 Å². The molecule has 0 spiro atoms. The number of nitrogens with one attached hydrogen (secondary N) is 3. The number of amides is 4. The summed E-state index contributed by atoms with van der Waals surface area (Å²) >= 11 is 0. The highest BCUT2D eigenvalue weighted by Crippen LogP contribution is 2.42. The molecule has 0 bridgehead atoms. The van der Waals surface area contributed by atoms with Crippen LogP contribution in [-0.2, 0) is 24.4 Å². The van der Waals surface area contributed by atoms with Crippen LogP contribution in [0.5, 0.6) is 5.88 Å². The Kier molecular flexibility index (Phi) is 12.1. The van der Waals surface area contributed by atoms with Crippen molar-refractivity contribution in [2.45, 2.75) is 101 Å². The van der Waals surface area contributed by atoms with Crippen molar-refractivity contribution in [3.8, 4) is 5.88 Å². The second kappa shape index (κ2) is 16.8. The molecule has 13 nitrogen and oxygen atoms in total. The van der Waals surface area contributed by atoms with E-state index in [9.17, 15) is 36.4 Å². The van der Waals surface area contributed by atoms with E-state index in [2.05, 4.69) is 32.8 Å². The number of aromatic nitrogens is 2. The number of carbonyl (C=O) groups is 4. The summed E-state index contributed by atoms with van der Waals surface area (Å²) < 4.78 is 60.6. The number of carbonyl (C=O) groups excluding carboxylic acids is 4. The van der Waals surface area contributed by atoms with E-state index in [0.717, 1.165) is 31.4 Å². The number of benzene rings is 2. The standard InChI is InChI=1S/C39H46F2N6O7S/c1-24-37(45-34-29(41)10-8-12-30(34)43-24)54-28-21-32(36(50)42-22-33(48)46-55(52,53)39(2)19-20-39)47(23-28)38(51)31(11-7-5-3-4-6-9-25-13-14-25)44-35(49)26-15-17-27(40)18-16-26/h6,8-10,12,15-18,25,28,31-32H,3-5,7,11,13-14,19-23H2,1-2H3,(H,42,50)(H,44,49)(H,46,48)/t28-,31+,32+/m1/s1. The van der Waals surface area contributed by atoms with Crippen LogP contribution in [-0.4, -0.2) is 82.9 Å². The minimum atomic E-state index is -3.95. The van der Waals surface area contributed by atoms with Gasteiger partial charge in [0.05, 0.1) is 23.4 Å². The van der Waals surface area contributed by atoms with Crippen molar-refractivity contribution in [2.24, 2.45) is 5.92 Å². The number of likely N-dealkylation sites (tertiary alicyclic amines) is 1. The maximum Gasteiger partial charge on any atom is 0.252 e. The van der Waals surface area contributed by atoms with E-state index in [1.54, 1.807) is 13.0 Å². The third-order valence-electron chi connectivity index (χ3n) is 10.3. The van der Waals surface area contributed by atoms with Gasteiger partial charge < -0.3 is 20.3 Å². The number of nitrogens with zero attached hydrogens (tertiary/aromatic N) is 3. The minimum absolute atomic E-state index is 0.00566. The van der Waals surface area contributed by atoms with Crippen LogP contribution in [0.25, 0.3) is 11.0 Å². The van der Waals surface area contributed by atoms with Crippen molar-refractivity contribution in [1.82, 2.24) is 30.2 Å². The number of allylic oxidation sites excluding steroid dienone is 2. The fraction of sp³-hybridized carbons (Fsp3) is 0.487. The molecule has 0 unspecified atom stereocenters. The SMILES string of the molecule is Cc1nc2cccc(F)c2nc1O[C@@H]1C[C@@H](C(=O)NCC(=O)NS(=O)(=O)C2(C)CC2)N(C(=O)[C@H](CCCCCC=CC2CC2)NC(=O)c2ccc(F)cc2)C1. The van der Waals surface area contributed by atoms with E-state index >= 15 is 0 Å². The van der Waals surface area contributed by atoms with Gasteiger partial charge in [0, 0.05) is 12.0 Å². The number of para-hydroxylation sites is 1. The lowest BCUT2D eigenvalue weighted by atomic mass is 10.0. The van der Waals surface area contributed by atoms with Crippen molar-refractivity contribution in [1.29, 1.82) is 0 Å². The van der Waals surface area contributed by atoms with Gasteiger partial charge in [-0.15, -0.1) is 0 Å². The lowest BCUT2D eigenvalue weighted by Crippen LogP contribution is -2.54. The third-order valence-corrected chi connectivity index (χ3v) is 12.5. The average Bonchev–Trinajstić information content (AvgIpc) is 4.08. The highest BCUT2D eigenvalue weighted by molar-refractivity contribution is 7.91. The van der Waals surface area contributed by atoms with Gasteiger partial charge in [0.2, 0.25) is 27.7 Å². The molecule has 3 atom stereocenters. The Hall–Kier alpha value is -4.99. The first-order chi connectivity index (χ1) is 26.2. The van der Waals surface area contributed by atoms with E-state index in [4.69, 9.17) is 4.74 Å². The second-order valence-electron chi connectivity index (χ2n) is 14.8. The van der Waals surface area contributed by atoms with Gasteiger partial charge in [-0.3, -0.25) is 23.9 Å². The molecule has 2 aliphatic carbocycles. The lowest BCUT2D eigenvalue weighted by molar-refractivity contribution is -0.140. The number of halogens is 2. The van der Waals surface area contributed by atoms with Crippen molar-refractivity contribution in [3.63, 3.8) is 0 Å². The van der Waals surface area contributed by atoms with Gasteiger partial charge in [0.15, 0.2) is 5.82 Å².